The molecule has 0 aliphatic carbocycles. The van der Waals surface area contributed by atoms with Gasteiger partial charge in [-0.3, -0.25) is 57.5 Å². The number of rotatable bonds is 10. The van der Waals surface area contributed by atoms with E-state index in [1.54, 1.807) is 65.0 Å². The summed E-state index contributed by atoms with van der Waals surface area (Å²) in [6.45, 7) is 33.3. The molecule has 1 fully saturated rings. The van der Waals surface area contributed by atoms with Gasteiger partial charge in [-0.1, -0.05) is 0 Å². The number of hydrogen-bond donors (Lipinski definition) is 1. The van der Waals surface area contributed by atoms with Gasteiger partial charge in [0.1, 0.15) is 28.1 Å². The number of carbonyl (C=O) groups is 10. The van der Waals surface area contributed by atoms with Crippen LogP contribution in [0.3, 0.4) is 0 Å². The lowest BCUT2D eigenvalue weighted by Crippen LogP contribution is -2.36. The Labute approximate surface area is 537 Å². The van der Waals surface area contributed by atoms with Crippen LogP contribution in [0, 0.1) is 6.92 Å². The van der Waals surface area contributed by atoms with Gasteiger partial charge in [0.15, 0.2) is 28.8 Å². The first-order chi connectivity index (χ1) is 42.4. The van der Waals surface area contributed by atoms with Crippen LogP contribution in [0.25, 0.3) is 0 Å². The van der Waals surface area contributed by atoms with Crippen molar-refractivity contribution >= 4 is 65.1 Å². The van der Waals surface area contributed by atoms with Crippen LogP contribution in [0.15, 0.2) is 0 Å². The summed E-state index contributed by atoms with van der Waals surface area (Å²) in [4.78, 5) is 118. The second-order valence-electron chi connectivity index (χ2n) is 25.5. The molecule has 4 aliphatic rings. The standard InChI is InChI=1S/2C14H18F3N3O3.C14H21N3O3.C9H15NO3.C5H11NO2.C4H8O2/c1-8(21)5-20-10-7-19(12(22)23-13(2,3)4)6-9(10)11(18-20)14(15,16)17;1-8(21)5-20-11(14(15,16)17)9-6-19(7-10(9)18-20)12(22)23-13(2,3)4;1-9(18)8-17-11-6-7-16(12(11)10(2)15-17)13(19)20-14(3,4)5;1-9(2,3)13-8(12)10-5-4-7(11)6-10;1-2-8-5(7)3-4-6;1-3-6-4(2)5/h2*5-7H2,1-4H3;6-8H2,1-5H3;4-6H2,1-3H3;2-4,6H2,1H3;3H2,1-2H3. The van der Waals surface area contributed by atoms with Gasteiger partial charge >= 0.3 is 48.7 Å². The molecule has 0 unspecified atom stereocenters. The normalized spacial score (nSPS) is 14.2. The summed E-state index contributed by atoms with van der Waals surface area (Å²) in [6, 6.07) is 0. The number of aryl methyl sites for hydroxylation is 1. The molecule has 524 valence electrons. The Morgan fingerprint density at radius 2 is 0.946 bits per heavy atom. The molecule has 33 heteroatoms. The van der Waals surface area contributed by atoms with Crippen LogP contribution in [0.1, 0.15) is 183 Å². The molecule has 2 N–H and O–H groups in total. The number of hydrogen-bond acceptors (Lipinski definition) is 20. The van der Waals surface area contributed by atoms with Crippen LogP contribution < -0.4 is 10.6 Å². The summed E-state index contributed by atoms with van der Waals surface area (Å²) in [5, 5.41) is 11.7. The highest BCUT2D eigenvalue weighted by atomic mass is 19.4. The minimum absolute atomic E-state index is 0.0472. The van der Waals surface area contributed by atoms with Crippen LogP contribution in [0.5, 0.6) is 0 Å². The Morgan fingerprint density at radius 1 is 0.505 bits per heavy atom. The van der Waals surface area contributed by atoms with E-state index in [0.29, 0.717) is 56.8 Å². The predicted molar refractivity (Wildman–Crippen MR) is 322 cm³/mol. The van der Waals surface area contributed by atoms with Gasteiger partial charge in [0.25, 0.3) is 0 Å². The number of nitrogens with two attached hydrogens (primary N) is 1. The molecule has 0 atom stereocenters. The van der Waals surface area contributed by atoms with E-state index < -0.39 is 76.8 Å². The second kappa shape index (κ2) is 33.6. The zero-order valence-corrected chi connectivity index (χ0v) is 56.7. The van der Waals surface area contributed by atoms with Gasteiger partial charge in [-0.15, -0.1) is 0 Å². The minimum atomic E-state index is -4.65. The number of carbonyl (C=O) groups excluding carboxylic acids is 10. The average molecular weight is 1340 g/mol. The van der Waals surface area contributed by atoms with Gasteiger partial charge in [0, 0.05) is 50.5 Å². The first-order valence-corrected chi connectivity index (χ1v) is 29.7. The predicted octanol–water partition coefficient (Wildman–Crippen LogP) is 9.23. The van der Waals surface area contributed by atoms with Crippen molar-refractivity contribution in [1.82, 2.24) is 44.0 Å². The minimum Gasteiger partial charge on any atom is -0.466 e. The molecule has 0 spiro atoms. The number of likely N-dealkylation sites (tertiary alicyclic amines) is 1. The first-order valence-electron chi connectivity index (χ1n) is 29.7. The van der Waals surface area contributed by atoms with Gasteiger partial charge < -0.3 is 39.1 Å². The lowest BCUT2D eigenvalue weighted by atomic mass is 10.2. The van der Waals surface area contributed by atoms with E-state index in [1.807, 2.05) is 48.5 Å². The number of anilines is 1. The van der Waals surface area contributed by atoms with Crippen LogP contribution in [-0.2, 0) is 122 Å². The van der Waals surface area contributed by atoms with E-state index in [0.717, 1.165) is 26.7 Å². The van der Waals surface area contributed by atoms with Crippen molar-refractivity contribution < 1.29 is 103 Å². The number of esters is 2. The van der Waals surface area contributed by atoms with Crippen molar-refractivity contribution in [3.63, 3.8) is 0 Å². The molecule has 93 heavy (non-hydrogen) atoms. The number of alkyl halides is 6. The van der Waals surface area contributed by atoms with Crippen molar-refractivity contribution in [2.45, 2.75) is 231 Å². The molecule has 0 bridgehead atoms. The molecule has 7 rings (SSSR count). The maximum atomic E-state index is 13.3. The van der Waals surface area contributed by atoms with E-state index in [2.05, 4.69) is 24.8 Å². The van der Waals surface area contributed by atoms with Crippen molar-refractivity contribution in [1.29, 1.82) is 0 Å². The molecule has 0 radical (unpaired) electrons. The van der Waals surface area contributed by atoms with Crippen molar-refractivity contribution in [3.8, 4) is 0 Å². The van der Waals surface area contributed by atoms with E-state index in [9.17, 15) is 74.3 Å². The van der Waals surface area contributed by atoms with Crippen LogP contribution >= 0.6 is 0 Å². The van der Waals surface area contributed by atoms with E-state index in [4.69, 9.17) is 24.7 Å². The zero-order chi connectivity index (χ0) is 71.7. The van der Waals surface area contributed by atoms with Gasteiger partial charge in [0.05, 0.1) is 100 Å². The number of ether oxygens (including phenoxy) is 6. The number of Topliss-reactive ketones (excluding diaryl/α,β-unsaturated/α-hetero) is 4. The maximum absolute atomic E-state index is 13.3. The van der Waals surface area contributed by atoms with E-state index in [1.165, 1.54) is 37.5 Å². The molecule has 1 saturated heterocycles. The highest BCUT2D eigenvalue weighted by Gasteiger charge is 2.45. The summed E-state index contributed by atoms with van der Waals surface area (Å²) in [5.41, 5.74) is 3.22. The number of fused-ring (bicyclic) bond motifs is 3. The van der Waals surface area contributed by atoms with Gasteiger partial charge in [-0.05, 0) is 125 Å². The fourth-order valence-electron chi connectivity index (χ4n) is 8.75. The molecular formula is C60H91F6N11O16. The zero-order valence-electron chi connectivity index (χ0n) is 56.7. The fourth-order valence-corrected chi connectivity index (χ4v) is 8.75. The van der Waals surface area contributed by atoms with Gasteiger partial charge in [-0.2, -0.15) is 41.6 Å². The van der Waals surface area contributed by atoms with Crippen molar-refractivity contribution in [2.75, 3.05) is 44.3 Å². The topological polar surface area (TPSA) is 319 Å². The third kappa shape index (κ3) is 27.5. The molecule has 27 nitrogen and oxygen atoms in total. The summed E-state index contributed by atoms with van der Waals surface area (Å²) in [7, 11) is 0. The van der Waals surface area contributed by atoms with E-state index in [-0.39, 0.29) is 104 Å². The molecule has 4 aliphatic heterocycles. The number of amides is 4. The maximum Gasteiger partial charge on any atom is 0.435 e. The lowest BCUT2D eigenvalue weighted by molar-refractivity contribution is -0.146. The Balaban J connectivity index is 0.000000400. The lowest BCUT2D eigenvalue weighted by Gasteiger charge is -2.24. The summed E-state index contributed by atoms with van der Waals surface area (Å²) < 4.78 is 112. The monoisotopic (exact) mass is 1340 g/mol. The molecule has 7 heterocycles. The highest BCUT2D eigenvalue weighted by molar-refractivity contribution is 5.91. The molecule has 3 aromatic rings. The molecule has 3 aromatic heterocycles. The second-order valence-corrected chi connectivity index (χ2v) is 25.5. The average Bonchev–Trinajstić information content (AvgIpc) is 1.63. The van der Waals surface area contributed by atoms with Crippen molar-refractivity contribution in [2.24, 2.45) is 5.73 Å². The number of nitrogens with zero attached hydrogens (tertiary/aromatic N) is 10. The number of aromatic nitrogens is 6. The third-order valence-electron chi connectivity index (χ3n) is 12.0. The van der Waals surface area contributed by atoms with E-state index >= 15 is 0 Å². The SMILES string of the molecule is CC(=O)Cn1nc(C(F)(F)F)c2c1CN(C(=O)OC(C)(C)C)C2.CC(=O)Cn1nc(C)c2c1CCN2C(=O)OC(C)(C)C.CC(=O)Cn1nc2c(c1C(F)(F)F)CN(C(=O)OC(C)(C)C)C2.CC(C)(C)OC(=O)N1CCC(=O)C1.CCOC(=O)CCN.CCOC(C)=O. The smallest absolute Gasteiger partial charge is 0.435 e. The molecular weight excluding hydrogens is 1240 g/mol. The van der Waals surface area contributed by atoms with Gasteiger partial charge in [-0.25, -0.2) is 19.2 Å². The Bertz CT molecular complexity index is 3130. The first kappa shape index (κ1) is 81.0. The van der Waals surface area contributed by atoms with Crippen LogP contribution in [0.4, 0.5) is 51.2 Å². The quantitative estimate of drug-likeness (QED) is 0.112. The summed E-state index contributed by atoms with van der Waals surface area (Å²) >= 11 is 0. The third-order valence-corrected chi connectivity index (χ3v) is 12.0. The number of ketones is 4. The van der Waals surface area contributed by atoms with Crippen molar-refractivity contribution in [3.05, 3.63) is 45.3 Å². The highest BCUT2D eigenvalue weighted by Crippen LogP contribution is 2.39. The molecule has 0 saturated carbocycles. The molecule has 0 aromatic carbocycles. The van der Waals surface area contributed by atoms with Gasteiger partial charge in [0.2, 0.25) is 0 Å². The largest absolute Gasteiger partial charge is 0.466 e. The Hall–Kier alpha value is -8.13. The van der Waals surface area contributed by atoms with Crippen LogP contribution in [0.2, 0.25) is 0 Å². The summed E-state index contributed by atoms with van der Waals surface area (Å²) in [5.74, 6) is -1.02. The van der Waals surface area contributed by atoms with Crippen LogP contribution in [-0.4, -0.2) is 165 Å². The Morgan fingerprint density at radius 3 is 1.34 bits per heavy atom. The number of halogens is 6. The Kier molecular flexibility index (Phi) is 29.3. The fraction of sp³-hybridized carbons (Fsp3) is 0.683. The summed E-state index contributed by atoms with van der Waals surface area (Å²) in [6.07, 6.45) is -9.95. The molecule has 4 amide bonds.